The largest absolute Gasteiger partial charge is 0.534 e. The number of rotatable bonds is 5. The Morgan fingerprint density at radius 3 is 2.22 bits per heavy atom. The second kappa shape index (κ2) is 7.97. The van der Waals surface area contributed by atoms with Crippen LogP contribution >= 0.6 is 0 Å². The molecule has 0 bridgehead atoms. The standard InChI is InChI=1S/C21H18F3NO6S/c1-20(2)10-9-17(31-32(29,30)21(22,23)24)15-11-13(5-8-16(15)20)18(26)25-14-6-3-12(4-7-14)19(27)28/h3-9,11H,10H2,1-2H3,(H,25,26)(H,27,28). The van der Waals surface area contributed by atoms with E-state index in [2.05, 4.69) is 9.50 Å². The van der Waals surface area contributed by atoms with E-state index in [0.29, 0.717) is 11.3 Å². The van der Waals surface area contributed by atoms with Crippen LogP contribution < -0.4 is 5.32 Å². The van der Waals surface area contributed by atoms with Gasteiger partial charge in [-0.25, -0.2) is 4.79 Å². The molecule has 0 radical (unpaired) electrons. The average molecular weight is 469 g/mol. The zero-order valence-electron chi connectivity index (χ0n) is 16.9. The zero-order chi connectivity index (χ0) is 23.9. The van der Waals surface area contributed by atoms with Crippen molar-refractivity contribution in [3.63, 3.8) is 0 Å². The molecule has 2 aromatic rings. The first-order valence-electron chi connectivity index (χ1n) is 9.22. The number of benzene rings is 2. The lowest BCUT2D eigenvalue weighted by Gasteiger charge is -2.31. The van der Waals surface area contributed by atoms with E-state index >= 15 is 0 Å². The number of carboxylic acid groups (broad SMARTS) is 1. The Morgan fingerprint density at radius 1 is 1.06 bits per heavy atom. The number of hydrogen-bond donors (Lipinski definition) is 2. The van der Waals surface area contributed by atoms with E-state index in [-0.39, 0.29) is 23.1 Å². The summed E-state index contributed by atoms with van der Waals surface area (Å²) in [5.41, 5.74) is -5.19. The van der Waals surface area contributed by atoms with Crippen LogP contribution in [0.1, 0.15) is 52.1 Å². The number of anilines is 1. The van der Waals surface area contributed by atoms with Crippen molar-refractivity contribution in [2.45, 2.75) is 31.2 Å². The van der Waals surface area contributed by atoms with Gasteiger partial charge in [-0.15, -0.1) is 0 Å². The molecule has 0 unspecified atom stereocenters. The maximum absolute atomic E-state index is 12.8. The van der Waals surface area contributed by atoms with Gasteiger partial charge in [0.15, 0.2) is 0 Å². The molecule has 0 saturated carbocycles. The van der Waals surface area contributed by atoms with E-state index in [0.717, 1.165) is 0 Å². The summed E-state index contributed by atoms with van der Waals surface area (Å²) in [5, 5.41) is 11.5. The van der Waals surface area contributed by atoms with Crippen LogP contribution in [0.15, 0.2) is 48.5 Å². The van der Waals surface area contributed by atoms with Crippen LogP contribution in [0.2, 0.25) is 0 Å². The molecule has 3 rings (SSSR count). The molecule has 1 aliphatic carbocycles. The SMILES string of the molecule is CC1(C)CC=C(OS(=O)(=O)C(F)(F)F)c2cc(C(=O)Nc3ccc(C(=O)O)cc3)ccc21. The van der Waals surface area contributed by atoms with Crippen molar-refractivity contribution in [2.75, 3.05) is 5.32 Å². The molecule has 32 heavy (non-hydrogen) atoms. The number of nitrogens with one attached hydrogen (secondary N) is 1. The van der Waals surface area contributed by atoms with Crippen molar-refractivity contribution in [2.24, 2.45) is 0 Å². The molecule has 11 heteroatoms. The van der Waals surface area contributed by atoms with Gasteiger partial charge in [0.2, 0.25) is 0 Å². The van der Waals surface area contributed by atoms with E-state index in [1.165, 1.54) is 48.5 Å². The van der Waals surface area contributed by atoms with Crippen molar-refractivity contribution >= 4 is 33.4 Å². The van der Waals surface area contributed by atoms with Gasteiger partial charge in [-0.3, -0.25) is 4.79 Å². The van der Waals surface area contributed by atoms with Crippen molar-refractivity contribution in [3.05, 3.63) is 70.8 Å². The molecule has 7 nitrogen and oxygen atoms in total. The van der Waals surface area contributed by atoms with Gasteiger partial charge in [-0.2, -0.15) is 21.6 Å². The molecule has 170 valence electrons. The first-order chi connectivity index (χ1) is 14.7. The Hall–Kier alpha value is -3.34. The minimum absolute atomic E-state index is 0.0248. The summed E-state index contributed by atoms with van der Waals surface area (Å²) in [6.07, 6.45) is 1.47. The van der Waals surface area contributed by atoms with E-state index in [4.69, 9.17) is 5.11 Å². The highest BCUT2D eigenvalue weighted by Crippen LogP contribution is 2.41. The number of aromatic carboxylic acids is 1. The summed E-state index contributed by atoms with van der Waals surface area (Å²) in [7, 11) is -5.89. The van der Waals surface area contributed by atoms with E-state index in [1.54, 1.807) is 0 Å². The highest BCUT2D eigenvalue weighted by atomic mass is 32.2. The first kappa shape index (κ1) is 23.3. The number of alkyl halides is 3. The lowest BCUT2D eigenvalue weighted by atomic mass is 9.75. The molecule has 2 N–H and O–H groups in total. The fourth-order valence-electron chi connectivity index (χ4n) is 3.19. The van der Waals surface area contributed by atoms with Crippen LogP contribution in [0.4, 0.5) is 18.9 Å². The third-order valence-corrected chi connectivity index (χ3v) is 5.91. The van der Waals surface area contributed by atoms with Gasteiger partial charge < -0.3 is 14.6 Å². The summed E-state index contributed by atoms with van der Waals surface area (Å²) in [6.45, 7) is 3.64. The molecular weight excluding hydrogens is 451 g/mol. The second-order valence-electron chi connectivity index (χ2n) is 7.74. The third kappa shape index (κ3) is 4.62. The van der Waals surface area contributed by atoms with Crippen LogP contribution in [0.5, 0.6) is 0 Å². The molecule has 0 aliphatic heterocycles. The van der Waals surface area contributed by atoms with Gasteiger partial charge in [0.25, 0.3) is 5.91 Å². The number of carbonyl (C=O) groups excluding carboxylic acids is 1. The van der Waals surface area contributed by atoms with Gasteiger partial charge in [-0.05, 0) is 59.9 Å². The number of amides is 1. The molecule has 1 aliphatic rings. The minimum atomic E-state index is -5.89. The fraction of sp³-hybridized carbons (Fsp3) is 0.238. The summed E-state index contributed by atoms with van der Waals surface area (Å²) in [6, 6.07) is 9.61. The normalized spacial score (nSPS) is 15.3. The second-order valence-corrected chi connectivity index (χ2v) is 9.27. The minimum Gasteiger partial charge on any atom is -0.478 e. The quantitative estimate of drug-likeness (QED) is 0.492. The number of allylic oxidation sites excluding steroid dienone is 1. The zero-order valence-corrected chi connectivity index (χ0v) is 17.7. The monoisotopic (exact) mass is 469 g/mol. The first-order valence-corrected chi connectivity index (χ1v) is 10.6. The van der Waals surface area contributed by atoms with Gasteiger partial charge in [0.05, 0.1) is 5.56 Å². The number of halogens is 3. The van der Waals surface area contributed by atoms with Crippen LogP contribution in [-0.2, 0) is 19.7 Å². The Morgan fingerprint density at radius 2 is 1.66 bits per heavy atom. The van der Waals surface area contributed by atoms with Crippen LogP contribution in [0.3, 0.4) is 0 Å². The molecule has 0 saturated heterocycles. The summed E-state index contributed by atoms with van der Waals surface area (Å²) >= 11 is 0. The van der Waals surface area contributed by atoms with Crippen LogP contribution in [0.25, 0.3) is 5.76 Å². The molecule has 0 atom stereocenters. The summed E-state index contributed by atoms with van der Waals surface area (Å²) in [4.78, 5) is 23.6. The Bertz CT molecular complexity index is 1220. The maximum atomic E-state index is 12.8. The predicted octanol–water partition coefficient (Wildman–Crippen LogP) is 4.53. The molecule has 0 fully saturated rings. The van der Waals surface area contributed by atoms with Crippen molar-refractivity contribution in [1.29, 1.82) is 0 Å². The average Bonchev–Trinajstić information content (AvgIpc) is 2.69. The van der Waals surface area contributed by atoms with E-state index in [9.17, 15) is 31.2 Å². The van der Waals surface area contributed by atoms with E-state index < -0.39 is 38.7 Å². The number of fused-ring (bicyclic) bond motifs is 1. The maximum Gasteiger partial charge on any atom is 0.534 e. The smallest absolute Gasteiger partial charge is 0.478 e. The molecular formula is C21H18F3NO6S. The predicted molar refractivity (Wildman–Crippen MR) is 109 cm³/mol. The molecule has 0 spiro atoms. The van der Waals surface area contributed by atoms with Crippen LogP contribution in [0, 0.1) is 0 Å². The van der Waals surface area contributed by atoms with E-state index in [1.807, 2.05) is 13.8 Å². The summed E-state index contributed by atoms with van der Waals surface area (Å²) in [5.74, 6) is -2.26. The number of carbonyl (C=O) groups is 2. The lowest BCUT2D eigenvalue weighted by molar-refractivity contribution is -0.0509. The van der Waals surface area contributed by atoms with Crippen molar-refractivity contribution < 1.29 is 40.5 Å². The fourth-order valence-corrected chi connectivity index (χ4v) is 3.68. The topological polar surface area (TPSA) is 110 Å². The highest BCUT2D eigenvalue weighted by molar-refractivity contribution is 7.87. The Balaban J connectivity index is 1.94. The molecule has 0 aromatic heterocycles. The highest BCUT2D eigenvalue weighted by Gasteiger charge is 2.49. The van der Waals surface area contributed by atoms with Gasteiger partial charge >= 0.3 is 21.6 Å². The van der Waals surface area contributed by atoms with Gasteiger partial charge in [-0.1, -0.05) is 19.9 Å². The van der Waals surface area contributed by atoms with Crippen molar-refractivity contribution in [3.8, 4) is 0 Å². The number of hydrogen-bond acceptors (Lipinski definition) is 5. The molecule has 2 aromatic carbocycles. The van der Waals surface area contributed by atoms with Crippen molar-refractivity contribution in [1.82, 2.24) is 0 Å². The molecule has 1 amide bonds. The van der Waals surface area contributed by atoms with Gasteiger partial charge in [0.1, 0.15) is 5.76 Å². The molecule has 0 heterocycles. The Kier molecular flexibility index (Phi) is 5.81. The lowest BCUT2D eigenvalue weighted by Crippen LogP contribution is -2.28. The Labute approximate surface area is 181 Å². The number of carboxylic acids is 1. The summed E-state index contributed by atoms with van der Waals surface area (Å²) < 4.78 is 65.8. The van der Waals surface area contributed by atoms with Gasteiger partial charge in [0, 0.05) is 16.8 Å². The van der Waals surface area contributed by atoms with Crippen LogP contribution in [-0.4, -0.2) is 30.9 Å². The third-order valence-electron chi connectivity index (χ3n) is 4.95.